The lowest BCUT2D eigenvalue weighted by Crippen LogP contribution is -2.27. The molecule has 0 fully saturated rings. The molecule has 0 saturated heterocycles. The van der Waals surface area contributed by atoms with Gasteiger partial charge < -0.3 is 11.1 Å². The second-order valence-corrected chi connectivity index (χ2v) is 4.71. The van der Waals surface area contributed by atoms with Crippen molar-refractivity contribution >= 4 is 23.1 Å². The molecule has 0 aliphatic heterocycles. The number of hydrogen-bond donors (Lipinski definition) is 2. The maximum absolute atomic E-state index is 12.1. The number of amides is 1. The van der Waals surface area contributed by atoms with Crippen LogP contribution in [0.5, 0.6) is 0 Å². The molecule has 2 aromatic heterocycles. The molecule has 0 aliphatic rings. The third kappa shape index (κ3) is 3.36. The van der Waals surface area contributed by atoms with Gasteiger partial charge in [-0.25, -0.2) is 0 Å². The van der Waals surface area contributed by atoms with Crippen LogP contribution in [0.2, 0.25) is 0 Å². The lowest BCUT2D eigenvalue weighted by molar-refractivity contribution is 0.0935. The van der Waals surface area contributed by atoms with Crippen molar-refractivity contribution in [3.63, 3.8) is 0 Å². The summed E-state index contributed by atoms with van der Waals surface area (Å²) in [5.41, 5.74) is 7.42. The zero-order chi connectivity index (χ0) is 14.5. The van der Waals surface area contributed by atoms with Crippen LogP contribution in [0, 0.1) is 0 Å². The number of hydrogen-bond acceptors (Lipinski definition) is 4. The Morgan fingerprint density at radius 2 is 2.00 bits per heavy atom. The summed E-state index contributed by atoms with van der Waals surface area (Å²) in [4.78, 5) is 20.3. The molecular weight excluding hydrogens is 272 g/mol. The van der Waals surface area contributed by atoms with Crippen molar-refractivity contribution in [3.8, 4) is 0 Å². The third-order valence-electron chi connectivity index (χ3n) is 2.83. The second-order valence-electron chi connectivity index (χ2n) is 4.27. The lowest BCUT2D eigenvalue weighted by atomic mass is 10.1. The second kappa shape index (κ2) is 6.21. The van der Waals surface area contributed by atoms with Gasteiger partial charge in [-0.1, -0.05) is 12.2 Å². The molecule has 5 nitrogen and oxygen atoms in total. The normalized spacial score (nSPS) is 11.7. The molecule has 1 amide bonds. The van der Waals surface area contributed by atoms with Crippen molar-refractivity contribution < 1.29 is 4.79 Å². The molecule has 0 saturated carbocycles. The van der Waals surface area contributed by atoms with Crippen LogP contribution in [-0.4, -0.2) is 20.9 Å². The van der Waals surface area contributed by atoms with E-state index in [-0.39, 0.29) is 16.9 Å². The molecule has 102 valence electrons. The van der Waals surface area contributed by atoms with Gasteiger partial charge in [0.15, 0.2) is 0 Å². The fourth-order valence-electron chi connectivity index (χ4n) is 1.68. The summed E-state index contributed by atoms with van der Waals surface area (Å²) in [6.07, 6.45) is 4.87. The minimum atomic E-state index is -0.246. The summed E-state index contributed by atoms with van der Waals surface area (Å²) >= 11 is 4.84. The van der Waals surface area contributed by atoms with Crippen molar-refractivity contribution in [1.82, 2.24) is 15.3 Å². The number of thiocarbonyl (C=S) groups is 1. The van der Waals surface area contributed by atoms with Crippen molar-refractivity contribution in [3.05, 3.63) is 59.7 Å². The SMILES string of the molecule is CC(NC(=O)c1ccc(C(N)=S)cn1)c1ccncc1. The minimum Gasteiger partial charge on any atom is -0.389 e. The van der Waals surface area contributed by atoms with Crippen molar-refractivity contribution in [2.24, 2.45) is 5.73 Å². The number of nitrogens with one attached hydrogen (secondary N) is 1. The Kier molecular flexibility index (Phi) is 4.37. The van der Waals surface area contributed by atoms with E-state index in [4.69, 9.17) is 18.0 Å². The highest BCUT2D eigenvalue weighted by molar-refractivity contribution is 7.80. The first-order valence-corrected chi connectivity index (χ1v) is 6.45. The van der Waals surface area contributed by atoms with Gasteiger partial charge in [0.25, 0.3) is 5.91 Å². The van der Waals surface area contributed by atoms with Crippen LogP contribution < -0.4 is 11.1 Å². The van der Waals surface area contributed by atoms with Crippen LogP contribution in [0.4, 0.5) is 0 Å². The standard InChI is InChI=1S/C14H14N4OS/c1-9(10-4-6-16-7-5-10)18-14(19)12-3-2-11(8-17-12)13(15)20/h2-9H,1H3,(H2,15,20)(H,18,19). The molecule has 0 aromatic carbocycles. The monoisotopic (exact) mass is 286 g/mol. The molecule has 6 heteroatoms. The van der Waals surface area contributed by atoms with Gasteiger partial charge in [0, 0.05) is 24.2 Å². The van der Waals surface area contributed by atoms with E-state index in [2.05, 4.69) is 15.3 Å². The predicted octanol–water partition coefficient (Wildman–Crippen LogP) is 1.60. The lowest BCUT2D eigenvalue weighted by Gasteiger charge is -2.13. The quantitative estimate of drug-likeness (QED) is 0.834. The summed E-state index contributed by atoms with van der Waals surface area (Å²) in [6.45, 7) is 1.90. The van der Waals surface area contributed by atoms with Crippen LogP contribution in [-0.2, 0) is 0 Å². The summed E-state index contributed by atoms with van der Waals surface area (Å²) < 4.78 is 0. The fraction of sp³-hybridized carbons (Fsp3) is 0.143. The number of rotatable bonds is 4. The summed E-state index contributed by atoms with van der Waals surface area (Å²) in [7, 11) is 0. The zero-order valence-corrected chi connectivity index (χ0v) is 11.7. The Morgan fingerprint density at radius 3 is 2.55 bits per heavy atom. The Balaban J connectivity index is 2.06. The van der Waals surface area contributed by atoms with Crippen molar-refractivity contribution in [1.29, 1.82) is 0 Å². The Morgan fingerprint density at radius 1 is 1.30 bits per heavy atom. The zero-order valence-electron chi connectivity index (χ0n) is 10.9. The molecule has 2 aromatic rings. The van der Waals surface area contributed by atoms with Crippen LogP contribution in [0.1, 0.15) is 34.6 Å². The van der Waals surface area contributed by atoms with Crippen LogP contribution in [0.15, 0.2) is 42.9 Å². The highest BCUT2D eigenvalue weighted by atomic mass is 32.1. The first kappa shape index (κ1) is 14.1. The Labute approximate surface area is 122 Å². The van der Waals surface area contributed by atoms with E-state index in [0.717, 1.165) is 5.56 Å². The maximum atomic E-state index is 12.1. The van der Waals surface area contributed by atoms with E-state index >= 15 is 0 Å². The maximum Gasteiger partial charge on any atom is 0.270 e. The van der Waals surface area contributed by atoms with Gasteiger partial charge in [0.05, 0.1) is 6.04 Å². The molecule has 3 N–H and O–H groups in total. The van der Waals surface area contributed by atoms with Crippen molar-refractivity contribution in [2.75, 3.05) is 0 Å². The van der Waals surface area contributed by atoms with E-state index in [1.807, 2.05) is 19.1 Å². The van der Waals surface area contributed by atoms with Gasteiger partial charge >= 0.3 is 0 Å². The molecular formula is C14H14N4OS. The highest BCUT2D eigenvalue weighted by Gasteiger charge is 2.12. The average Bonchev–Trinajstić information content (AvgIpc) is 2.48. The highest BCUT2D eigenvalue weighted by Crippen LogP contribution is 2.11. The fourth-order valence-corrected chi connectivity index (χ4v) is 1.80. The van der Waals surface area contributed by atoms with Gasteiger partial charge in [-0.3, -0.25) is 14.8 Å². The van der Waals surface area contributed by atoms with E-state index in [0.29, 0.717) is 11.3 Å². The van der Waals surface area contributed by atoms with E-state index in [1.54, 1.807) is 24.5 Å². The van der Waals surface area contributed by atoms with Gasteiger partial charge in [-0.2, -0.15) is 0 Å². The number of nitrogens with two attached hydrogens (primary N) is 1. The van der Waals surface area contributed by atoms with Gasteiger partial charge in [0.1, 0.15) is 10.7 Å². The van der Waals surface area contributed by atoms with E-state index in [9.17, 15) is 4.79 Å². The largest absolute Gasteiger partial charge is 0.389 e. The molecule has 0 aliphatic carbocycles. The number of pyridine rings is 2. The van der Waals surface area contributed by atoms with Gasteiger partial charge in [0.2, 0.25) is 0 Å². The number of nitrogens with zero attached hydrogens (tertiary/aromatic N) is 2. The topological polar surface area (TPSA) is 80.9 Å². The first-order chi connectivity index (χ1) is 9.58. The molecule has 20 heavy (non-hydrogen) atoms. The summed E-state index contributed by atoms with van der Waals surface area (Å²) in [6, 6.07) is 6.87. The molecule has 0 radical (unpaired) electrons. The molecule has 1 unspecified atom stereocenters. The van der Waals surface area contributed by atoms with Gasteiger partial charge in [-0.05, 0) is 36.8 Å². The molecule has 2 rings (SSSR count). The van der Waals surface area contributed by atoms with Gasteiger partial charge in [-0.15, -0.1) is 0 Å². The number of carbonyl (C=O) groups is 1. The molecule has 2 heterocycles. The average molecular weight is 286 g/mol. The number of aromatic nitrogens is 2. The van der Waals surface area contributed by atoms with Crippen LogP contribution in [0.3, 0.4) is 0 Å². The summed E-state index contributed by atoms with van der Waals surface area (Å²) in [5, 5.41) is 2.87. The predicted molar refractivity (Wildman–Crippen MR) is 80.2 cm³/mol. The van der Waals surface area contributed by atoms with Crippen molar-refractivity contribution in [2.45, 2.75) is 13.0 Å². The molecule has 1 atom stereocenters. The minimum absolute atomic E-state index is 0.123. The molecule has 0 spiro atoms. The van der Waals surface area contributed by atoms with E-state index in [1.165, 1.54) is 6.20 Å². The van der Waals surface area contributed by atoms with Crippen LogP contribution >= 0.6 is 12.2 Å². The number of carbonyl (C=O) groups excluding carboxylic acids is 1. The Hall–Kier alpha value is -2.34. The molecule has 0 bridgehead atoms. The third-order valence-corrected chi connectivity index (χ3v) is 3.07. The first-order valence-electron chi connectivity index (χ1n) is 6.04. The smallest absolute Gasteiger partial charge is 0.270 e. The van der Waals surface area contributed by atoms with Crippen LogP contribution in [0.25, 0.3) is 0 Å². The Bertz CT molecular complexity index is 613. The van der Waals surface area contributed by atoms with E-state index < -0.39 is 0 Å². The summed E-state index contributed by atoms with van der Waals surface area (Å²) in [5.74, 6) is -0.246.